The van der Waals surface area contributed by atoms with Gasteiger partial charge in [-0.3, -0.25) is 4.79 Å². The first-order valence-electron chi connectivity index (χ1n) is 9.56. The molecule has 1 atom stereocenters. The third-order valence-electron chi connectivity index (χ3n) is 5.27. The maximum Gasteiger partial charge on any atom is 0.340 e. The third kappa shape index (κ3) is 2.89. The molecule has 5 rings (SSSR count). The van der Waals surface area contributed by atoms with Gasteiger partial charge in [0, 0.05) is 41.0 Å². The van der Waals surface area contributed by atoms with Gasteiger partial charge in [-0.25, -0.2) is 9.59 Å². The summed E-state index contributed by atoms with van der Waals surface area (Å²) in [6.07, 6.45) is 1.80. The Kier molecular flexibility index (Phi) is 4.23. The van der Waals surface area contributed by atoms with Crippen molar-refractivity contribution >= 4 is 17.8 Å². The summed E-state index contributed by atoms with van der Waals surface area (Å²) >= 11 is 0. The van der Waals surface area contributed by atoms with Crippen LogP contribution in [0, 0.1) is 0 Å². The van der Waals surface area contributed by atoms with Crippen LogP contribution in [0.2, 0.25) is 0 Å². The second-order valence-corrected chi connectivity index (χ2v) is 7.21. The average molecular weight is 429 g/mol. The van der Waals surface area contributed by atoms with Crippen LogP contribution < -0.4 is 15.2 Å². The zero-order valence-corrected chi connectivity index (χ0v) is 16.4. The summed E-state index contributed by atoms with van der Waals surface area (Å²) in [7, 11) is 0. The summed E-state index contributed by atoms with van der Waals surface area (Å²) < 4.78 is 17.2. The Bertz CT molecular complexity index is 1340. The van der Waals surface area contributed by atoms with Gasteiger partial charge in [-0.2, -0.15) is 0 Å². The minimum atomic E-state index is -1.29. The van der Waals surface area contributed by atoms with E-state index in [1.54, 1.807) is 36.4 Å². The van der Waals surface area contributed by atoms with E-state index >= 15 is 0 Å². The van der Waals surface area contributed by atoms with Crippen LogP contribution in [-0.4, -0.2) is 23.0 Å². The summed E-state index contributed by atoms with van der Waals surface area (Å²) in [5.74, 6) is -1.39. The van der Waals surface area contributed by atoms with Gasteiger partial charge in [-0.05, 0) is 30.3 Å². The first-order valence-corrected chi connectivity index (χ1v) is 9.56. The van der Waals surface area contributed by atoms with Crippen LogP contribution in [0.5, 0.6) is 23.0 Å². The molecule has 2 heterocycles. The number of phenols is 1. The number of hydrogen-bond donors (Lipinski definition) is 2. The number of fused-ring (bicyclic) bond motifs is 6. The van der Waals surface area contributed by atoms with Gasteiger partial charge in [0.2, 0.25) is 5.91 Å². The van der Waals surface area contributed by atoms with E-state index in [1.165, 1.54) is 24.3 Å². The van der Waals surface area contributed by atoms with E-state index in [0.29, 0.717) is 28.0 Å². The van der Waals surface area contributed by atoms with Crippen molar-refractivity contribution < 1.29 is 33.7 Å². The standard InChI is InChI=1S/C24H15NO7/c25-21(27)9-10-22(28)30-14-6-8-18-20(12-14)31-19-11-13(26)5-7-17(19)24(18)16-4-2-1-3-15(16)23(29)32-24/h1-12,26H,(H2,25,27). The molecule has 158 valence electrons. The van der Waals surface area contributed by atoms with Crippen LogP contribution in [0.1, 0.15) is 27.0 Å². The largest absolute Gasteiger partial charge is 0.508 e. The molecule has 1 spiro atoms. The molecule has 0 radical (unpaired) electrons. The van der Waals surface area contributed by atoms with Crippen molar-refractivity contribution in [3.63, 3.8) is 0 Å². The molecule has 0 saturated carbocycles. The van der Waals surface area contributed by atoms with Crippen LogP contribution in [0.15, 0.2) is 72.8 Å². The fraction of sp³-hybridized carbons (Fsp3) is 0.0417. The maximum absolute atomic E-state index is 12.7. The number of aromatic hydroxyl groups is 1. The monoisotopic (exact) mass is 429 g/mol. The molecule has 0 bridgehead atoms. The van der Waals surface area contributed by atoms with Gasteiger partial charge in [0.05, 0.1) is 5.56 Å². The van der Waals surface area contributed by atoms with Crippen molar-refractivity contribution in [3.05, 3.63) is 95.1 Å². The fourth-order valence-corrected chi connectivity index (χ4v) is 4.01. The second-order valence-electron chi connectivity index (χ2n) is 7.21. The average Bonchev–Trinajstić information content (AvgIpc) is 3.05. The number of benzene rings is 3. The van der Waals surface area contributed by atoms with Crippen LogP contribution in [-0.2, 0) is 19.9 Å². The summed E-state index contributed by atoms with van der Waals surface area (Å²) in [4.78, 5) is 35.5. The lowest BCUT2D eigenvalue weighted by Gasteiger charge is -2.36. The van der Waals surface area contributed by atoms with Gasteiger partial charge in [0.15, 0.2) is 5.60 Å². The molecule has 2 aliphatic heterocycles. The zero-order chi connectivity index (χ0) is 22.5. The number of carbonyl (C=O) groups excluding carboxylic acids is 3. The SMILES string of the molecule is NC(=O)C=CC(=O)Oc1ccc2c(c1)Oc1cc(O)ccc1C21OC(=O)c2ccccc21. The molecular weight excluding hydrogens is 414 g/mol. The van der Waals surface area contributed by atoms with Gasteiger partial charge in [-0.15, -0.1) is 0 Å². The number of primary amides is 1. The molecule has 8 heteroatoms. The predicted molar refractivity (Wildman–Crippen MR) is 110 cm³/mol. The minimum absolute atomic E-state index is 0.0286. The van der Waals surface area contributed by atoms with Crippen LogP contribution in [0.4, 0.5) is 0 Å². The lowest BCUT2D eigenvalue weighted by Crippen LogP contribution is -2.33. The van der Waals surface area contributed by atoms with E-state index in [4.69, 9.17) is 19.9 Å². The Labute approximate surface area is 181 Å². The summed E-state index contributed by atoms with van der Waals surface area (Å²) in [5, 5.41) is 9.99. The quantitative estimate of drug-likeness (QED) is 0.373. The molecule has 1 unspecified atom stereocenters. The van der Waals surface area contributed by atoms with Crippen molar-refractivity contribution in [2.45, 2.75) is 5.60 Å². The van der Waals surface area contributed by atoms with Crippen molar-refractivity contribution in [2.24, 2.45) is 5.73 Å². The van der Waals surface area contributed by atoms with E-state index in [-0.39, 0.29) is 17.2 Å². The lowest BCUT2D eigenvalue weighted by molar-refractivity contribution is -0.129. The number of phenolic OH excluding ortho intramolecular Hbond substituents is 1. The van der Waals surface area contributed by atoms with Crippen LogP contribution >= 0.6 is 0 Å². The van der Waals surface area contributed by atoms with Crippen molar-refractivity contribution in [1.29, 1.82) is 0 Å². The molecule has 3 aromatic rings. The molecule has 32 heavy (non-hydrogen) atoms. The van der Waals surface area contributed by atoms with Crippen molar-refractivity contribution in [1.82, 2.24) is 0 Å². The highest BCUT2D eigenvalue weighted by Crippen LogP contribution is 2.56. The van der Waals surface area contributed by atoms with E-state index < -0.39 is 23.4 Å². The van der Waals surface area contributed by atoms with Gasteiger partial charge in [0.25, 0.3) is 0 Å². The lowest BCUT2D eigenvalue weighted by atomic mass is 9.77. The highest BCUT2D eigenvalue weighted by Gasteiger charge is 2.53. The smallest absolute Gasteiger partial charge is 0.340 e. The first kappa shape index (κ1) is 19.4. The summed E-state index contributed by atoms with van der Waals surface area (Å²) in [6, 6.07) is 16.2. The Morgan fingerprint density at radius 2 is 1.66 bits per heavy atom. The second kappa shape index (κ2) is 6.98. The molecule has 1 amide bonds. The van der Waals surface area contributed by atoms with Gasteiger partial charge in [0.1, 0.15) is 23.0 Å². The molecule has 2 aliphatic rings. The normalized spacial score (nSPS) is 17.8. The summed E-state index contributed by atoms with van der Waals surface area (Å²) in [5.41, 5.74) is 5.83. The maximum atomic E-state index is 12.7. The minimum Gasteiger partial charge on any atom is -0.508 e. The Morgan fingerprint density at radius 3 is 2.44 bits per heavy atom. The molecule has 8 nitrogen and oxygen atoms in total. The number of hydrogen-bond acceptors (Lipinski definition) is 7. The molecule has 0 aliphatic carbocycles. The van der Waals surface area contributed by atoms with Gasteiger partial charge >= 0.3 is 11.9 Å². The van der Waals surface area contributed by atoms with E-state index in [2.05, 4.69) is 0 Å². The van der Waals surface area contributed by atoms with E-state index in [0.717, 1.165) is 12.2 Å². The molecular formula is C24H15NO7. The predicted octanol–water partition coefficient (Wildman–Crippen LogP) is 2.91. The van der Waals surface area contributed by atoms with Crippen LogP contribution in [0.25, 0.3) is 0 Å². The molecule has 0 aromatic heterocycles. The number of amides is 1. The first-order chi connectivity index (χ1) is 15.4. The molecule has 0 saturated heterocycles. The zero-order valence-electron chi connectivity index (χ0n) is 16.4. The van der Waals surface area contributed by atoms with Crippen molar-refractivity contribution in [2.75, 3.05) is 0 Å². The highest BCUT2D eigenvalue weighted by atomic mass is 16.6. The number of carbonyl (C=O) groups is 3. The van der Waals surface area contributed by atoms with Crippen molar-refractivity contribution in [3.8, 4) is 23.0 Å². The Hall–Kier alpha value is -4.59. The number of esters is 2. The summed E-state index contributed by atoms with van der Waals surface area (Å²) in [6.45, 7) is 0. The number of ether oxygens (including phenoxy) is 3. The molecule has 3 N–H and O–H groups in total. The molecule has 3 aromatic carbocycles. The Morgan fingerprint density at radius 1 is 0.938 bits per heavy atom. The fourth-order valence-electron chi connectivity index (χ4n) is 4.01. The van der Waals surface area contributed by atoms with E-state index in [9.17, 15) is 19.5 Å². The molecule has 0 fully saturated rings. The highest BCUT2D eigenvalue weighted by molar-refractivity contribution is 5.97. The Balaban J connectivity index is 1.66. The number of rotatable bonds is 3. The topological polar surface area (TPSA) is 125 Å². The van der Waals surface area contributed by atoms with Gasteiger partial charge < -0.3 is 25.1 Å². The van der Waals surface area contributed by atoms with Gasteiger partial charge in [-0.1, -0.05) is 18.2 Å². The third-order valence-corrected chi connectivity index (χ3v) is 5.27. The number of nitrogens with two attached hydrogens (primary N) is 1. The van der Waals surface area contributed by atoms with E-state index in [1.807, 2.05) is 0 Å². The van der Waals surface area contributed by atoms with Crippen LogP contribution in [0.3, 0.4) is 0 Å².